The molecule has 76 valence electrons. The van der Waals surface area contributed by atoms with Gasteiger partial charge in [-0.05, 0) is 23.4 Å². The lowest BCUT2D eigenvalue weighted by Gasteiger charge is -2.00. The Bertz CT molecular complexity index is 331. The predicted molar refractivity (Wildman–Crippen MR) is 57.3 cm³/mol. The van der Waals surface area contributed by atoms with Gasteiger partial charge in [-0.15, -0.1) is 11.3 Å². The van der Waals surface area contributed by atoms with Crippen LogP contribution in [0.25, 0.3) is 0 Å². The molecule has 0 amide bonds. The number of carbonyl (C=O) groups is 1. The SMILES string of the molecule is CCc1ccsc1CN/C=C/C(=O)O. The fourth-order valence-electron chi connectivity index (χ4n) is 1.12. The Kier molecular flexibility index (Phi) is 4.19. The molecule has 2 N–H and O–H groups in total. The van der Waals surface area contributed by atoms with Crippen LogP contribution in [0.2, 0.25) is 0 Å². The molecule has 0 saturated carbocycles. The summed E-state index contributed by atoms with van der Waals surface area (Å²) in [6, 6.07) is 2.10. The standard InChI is InChI=1S/C10H13NO2S/c1-2-8-4-6-14-9(8)7-11-5-3-10(12)13/h3-6,11H,2,7H2,1H3,(H,12,13)/b5-3+. The maximum absolute atomic E-state index is 10.2. The quantitative estimate of drug-likeness (QED) is 0.732. The van der Waals surface area contributed by atoms with Gasteiger partial charge in [-0.2, -0.15) is 0 Å². The van der Waals surface area contributed by atoms with Crippen LogP contribution < -0.4 is 5.32 Å². The molecule has 1 rings (SSSR count). The second-order valence-corrected chi connectivity index (χ2v) is 3.78. The lowest BCUT2D eigenvalue weighted by molar-refractivity contribution is -0.131. The van der Waals surface area contributed by atoms with E-state index in [9.17, 15) is 4.79 Å². The molecular weight excluding hydrogens is 198 g/mol. The highest BCUT2D eigenvalue weighted by Crippen LogP contribution is 2.16. The number of thiophene rings is 1. The lowest BCUT2D eigenvalue weighted by Crippen LogP contribution is -2.05. The van der Waals surface area contributed by atoms with Crippen molar-refractivity contribution in [2.45, 2.75) is 19.9 Å². The number of carboxylic acid groups (broad SMARTS) is 1. The van der Waals surface area contributed by atoms with Gasteiger partial charge < -0.3 is 10.4 Å². The number of aliphatic carboxylic acids is 1. The first-order valence-electron chi connectivity index (χ1n) is 4.42. The third-order valence-electron chi connectivity index (χ3n) is 1.82. The highest BCUT2D eigenvalue weighted by molar-refractivity contribution is 7.10. The van der Waals surface area contributed by atoms with Crippen molar-refractivity contribution in [2.24, 2.45) is 0 Å². The van der Waals surface area contributed by atoms with E-state index < -0.39 is 5.97 Å². The van der Waals surface area contributed by atoms with E-state index in [1.54, 1.807) is 11.3 Å². The molecule has 14 heavy (non-hydrogen) atoms. The molecule has 0 saturated heterocycles. The molecule has 1 heterocycles. The van der Waals surface area contributed by atoms with Crippen molar-refractivity contribution >= 4 is 17.3 Å². The largest absolute Gasteiger partial charge is 0.478 e. The van der Waals surface area contributed by atoms with Gasteiger partial charge in [0.1, 0.15) is 0 Å². The summed E-state index contributed by atoms with van der Waals surface area (Å²) >= 11 is 1.69. The van der Waals surface area contributed by atoms with E-state index in [1.807, 2.05) is 0 Å². The lowest BCUT2D eigenvalue weighted by atomic mass is 10.2. The third kappa shape index (κ3) is 3.22. The number of hydrogen-bond donors (Lipinski definition) is 2. The molecule has 0 aliphatic carbocycles. The van der Waals surface area contributed by atoms with E-state index in [0.717, 1.165) is 12.5 Å². The molecule has 0 aromatic carbocycles. The smallest absolute Gasteiger partial charge is 0.329 e. The molecule has 0 radical (unpaired) electrons. The summed E-state index contributed by atoms with van der Waals surface area (Å²) in [5.41, 5.74) is 1.33. The molecule has 0 unspecified atom stereocenters. The van der Waals surface area contributed by atoms with E-state index in [4.69, 9.17) is 5.11 Å². The summed E-state index contributed by atoms with van der Waals surface area (Å²) in [6.07, 6.45) is 3.57. The second-order valence-electron chi connectivity index (χ2n) is 2.78. The number of carboxylic acids is 1. The molecule has 0 spiro atoms. The molecule has 3 nitrogen and oxygen atoms in total. The van der Waals surface area contributed by atoms with E-state index in [1.165, 1.54) is 16.6 Å². The van der Waals surface area contributed by atoms with Crippen molar-refractivity contribution in [3.8, 4) is 0 Å². The fourth-order valence-corrected chi connectivity index (χ4v) is 2.05. The molecular formula is C10H13NO2S. The van der Waals surface area contributed by atoms with Gasteiger partial charge in [0.05, 0.1) is 0 Å². The van der Waals surface area contributed by atoms with Crippen molar-refractivity contribution in [1.29, 1.82) is 0 Å². The highest BCUT2D eigenvalue weighted by Gasteiger charge is 1.99. The van der Waals surface area contributed by atoms with Crippen molar-refractivity contribution in [1.82, 2.24) is 5.32 Å². The normalized spacial score (nSPS) is 10.6. The Labute approximate surface area is 87.1 Å². The van der Waals surface area contributed by atoms with Gasteiger partial charge in [0.25, 0.3) is 0 Å². The second kappa shape index (κ2) is 5.44. The summed E-state index contributed by atoms with van der Waals surface area (Å²) in [5.74, 6) is -0.931. The van der Waals surface area contributed by atoms with E-state index in [2.05, 4.69) is 23.7 Å². The zero-order valence-corrected chi connectivity index (χ0v) is 8.80. The summed E-state index contributed by atoms with van der Waals surface area (Å²) in [6.45, 7) is 2.81. The van der Waals surface area contributed by atoms with Crippen LogP contribution in [0.4, 0.5) is 0 Å². The molecule has 0 fully saturated rings. The van der Waals surface area contributed by atoms with Crippen LogP contribution in [0.5, 0.6) is 0 Å². The van der Waals surface area contributed by atoms with Gasteiger partial charge in [0.15, 0.2) is 0 Å². The van der Waals surface area contributed by atoms with Crippen LogP contribution in [0.15, 0.2) is 23.7 Å². The predicted octanol–water partition coefficient (Wildman–Crippen LogP) is 2.00. The van der Waals surface area contributed by atoms with Gasteiger partial charge in [0, 0.05) is 23.7 Å². The maximum atomic E-state index is 10.2. The van der Waals surface area contributed by atoms with E-state index in [0.29, 0.717) is 6.54 Å². The van der Waals surface area contributed by atoms with Crippen molar-refractivity contribution in [3.63, 3.8) is 0 Å². The van der Waals surface area contributed by atoms with Crippen LogP contribution in [0.3, 0.4) is 0 Å². The molecule has 0 aliphatic heterocycles. The molecule has 1 aromatic rings. The van der Waals surface area contributed by atoms with Crippen molar-refractivity contribution in [3.05, 3.63) is 34.2 Å². The fraction of sp³-hybridized carbons (Fsp3) is 0.300. The first-order valence-corrected chi connectivity index (χ1v) is 5.30. The minimum absolute atomic E-state index is 0.699. The van der Waals surface area contributed by atoms with Crippen molar-refractivity contribution < 1.29 is 9.90 Å². The van der Waals surface area contributed by atoms with Gasteiger partial charge in [-0.1, -0.05) is 6.92 Å². The first kappa shape index (κ1) is 10.8. The molecule has 0 bridgehead atoms. The van der Waals surface area contributed by atoms with E-state index >= 15 is 0 Å². The average Bonchev–Trinajstić information content (AvgIpc) is 2.59. The highest BCUT2D eigenvalue weighted by atomic mass is 32.1. The van der Waals surface area contributed by atoms with Gasteiger partial charge in [-0.25, -0.2) is 4.79 Å². The first-order chi connectivity index (χ1) is 6.74. The topological polar surface area (TPSA) is 49.3 Å². The van der Waals surface area contributed by atoms with Crippen LogP contribution in [-0.4, -0.2) is 11.1 Å². The summed E-state index contributed by atoms with van der Waals surface area (Å²) in [7, 11) is 0. The average molecular weight is 211 g/mol. The monoisotopic (exact) mass is 211 g/mol. The molecule has 4 heteroatoms. The molecule has 0 aliphatic rings. The number of aryl methyl sites for hydroxylation is 1. The van der Waals surface area contributed by atoms with Gasteiger partial charge in [0.2, 0.25) is 0 Å². The molecule has 0 atom stereocenters. The Balaban J connectivity index is 2.41. The summed E-state index contributed by atoms with van der Waals surface area (Å²) in [4.78, 5) is 11.4. The summed E-state index contributed by atoms with van der Waals surface area (Å²) in [5, 5.41) is 13.3. The van der Waals surface area contributed by atoms with Crippen LogP contribution >= 0.6 is 11.3 Å². The van der Waals surface area contributed by atoms with E-state index in [-0.39, 0.29) is 0 Å². The van der Waals surface area contributed by atoms with Gasteiger partial charge in [-0.3, -0.25) is 0 Å². The number of rotatable bonds is 5. The zero-order chi connectivity index (χ0) is 10.4. The number of hydrogen-bond acceptors (Lipinski definition) is 3. The maximum Gasteiger partial charge on any atom is 0.329 e. The minimum Gasteiger partial charge on any atom is -0.478 e. The van der Waals surface area contributed by atoms with Crippen LogP contribution in [-0.2, 0) is 17.8 Å². The Hall–Kier alpha value is -1.29. The zero-order valence-electron chi connectivity index (χ0n) is 7.99. The van der Waals surface area contributed by atoms with Crippen molar-refractivity contribution in [2.75, 3.05) is 0 Å². The Morgan fingerprint density at radius 2 is 2.50 bits per heavy atom. The molecule has 1 aromatic heterocycles. The Morgan fingerprint density at radius 3 is 3.14 bits per heavy atom. The van der Waals surface area contributed by atoms with Crippen LogP contribution in [0.1, 0.15) is 17.4 Å². The Morgan fingerprint density at radius 1 is 1.71 bits per heavy atom. The van der Waals surface area contributed by atoms with Gasteiger partial charge >= 0.3 is 5.97 Å². The third-order valence-corrected chi connectivity index (χ3v) is 2.79. The minimum atomic E-state index is -0.931. The number of nitrogens with one attached hydrogen (secondary N) is 1. The van der Waals surface area contributed by atoms with Crippen LogP contribution in [0, 0.1) is 0 Å². The summed E-state index contributed by atoms with van der Waals surface area (Å²) < 4.78 is 0.